The van der Waals surface area contributed by atoms with Crippen LogP contribution in [0.5, 0.6) is 5.75 Å². The van der Waals surface area contributed by atoms with Gasteiger partial charge < -0.3 is 10.1 Å². The number of hydrogen-bond donors (Lipinski definition) is 1. The van der Waals surface area contributed by atoms with Gasteiger partial charge in [0.1, 0.15) is 11.6 Å². The van der Waals surface area contributed by atoms with Gasteiger partial charge in [0.15, 0.2) is 0 Å². The van der Waals surface area contributed by atoms with Gasteiger partial charge in [0.25, 0.3) is 5.91 Å². The SMILES string of the molecule is CCOc1ccccc1C(=O)Nc1cc(-c2ccccc2)nn1-c1ccccc1. The predicted octanol–water partition coefficient (Wildman–Crippen LogP) is 5.19. The van der Waals surface area contributed by atoms with Gasteiger partial charge in [-0.05, 0) is 31.2 Å². The minimum atomic E-state index is -0.245. The van der Waals surface area contributed by atoms with Crippen LogP contribution in [-0.4, -0.2) is 22.3 Å². The second-order valence-electron chi connectivity index (χ2n) is 6.41. The summed E-state index contributed by atoms with van der Waals surface area (Å²) in [6.45, 7) is 2.38. The van der Waals surface area contributed by atoms with Crippen molar-refractivity contribution in [3.8, 4) is 22.7 Å². The van der Waals surface area contributed by atoms with E-state index in [1.807, 2.05) is 85.8 Å². The number of amides is 1. The molecule has 0 saturated heterocycles. The Kier molecular flexibility index (Phi) is 5.38. The van der Waals surface area contributed by atoms with Crippen molar-refractivity contribution in [3.05, 3.63) is 96.6 Å². The molecule has 0 aliphatic heterocycles. The Morgan fingerprint density at radius 3 is 2.31 bits per heavy atom. The van der Waals surface area contributed by atoms with Crippen LogP contribution in [-0.2, 0) is 0 Å². The van der Waals surface area contributed by atoms with Gasteiger partial charge in [-0.1, -0.05) is 60.7 Å². The normalized spacial score (nSPS) is 10.5. The smallest absolute Gasteiger partial charge is 0.260 e. The van der Waals surface area contributed by atoms with Crippen molar-refractivity contribution >= 4 is 11.7 Å². The van der Waals surface area contributed by atoms with E-state index in [1.54, 1.807) is 16.8 Å². The highest BCUT2D eigenvalue weighted by Crippen LogP contribution is 2.26. The Hall–Kier alpha value is -3.86. The van der Waals surface area contributed by atoms with Crippen molar-refractivity contribution in [2.24, 2.45) is 0 Å². The first-order valence-electron chi connectivity index (χ1n) is 9.50. The summed E-state index contributed by atoms with van der Waals surface area (Å²) in [5.41, 5.74) is 3.11. The van der Waals surface area contributed by atoms with Gasteiger partial charge in [0, 0.05) is 11.6 Å². The van der Waals surface area contributed by atoms with Crippen LogP contribution >= 0.6 is 0 Å². The summed E-state index contributed by atoms with van der Waals surface area (Å²) in [6, 6.07) is 28.7. The van der Waals surface area contributed by atoms with E-state index >= 15 is 0 Å². The average molecular weight is 383 g/mol. The fourth-order valence-corrected chi connectivity index (χ4v) is 3.11. The number of hydrogen-bond acceptors (Lipinski definition) is 3. The molecule has 29 heavy (non-hydrogen) atoms. The molecular weight excluding hydrogens is 362 g/mol. The lowest BCUT2D eigenvalue weighted by molar-refractivity contribution is 0.102. The molecule has 1 aromatic heterocycles. The molecular formula is C24H21N3O2. The van der Waals surface area contributed by atoms with Gasteiger partial charge in [-0.15, -0.1) is 0 Å². The molecule has 0 aliphatic rings. The summed E-state index contributed by atoms with van der Waals surface area (Å²) in [4.78, 5) is 13.0. The van der Waals surface area contributed by atoms with Crippen molar-refractivity contribution < 1.29 is 9.53 Å². The van der Waals surface area contributed by atoms with Gasteiger partial charge in [-0.25, -0.2) is 4.68 Å². The molecule has 0 atom stereocenters. The summed E-state index contributed by atoms with van der Waals surface area (Å²) < 4.78 is 7.34. The first kappa shape index (κ1) is 18.5. The fraction of sp³-hybridized carbons (Fsp3) is 0.0833. The highest BCUT2D eigenvalue weighted by Gasteiger charge is 2.17. The maximum absolute atomic E-state index is 13.0. The first-order chi connectivity index (χ1) is 14.3. The molecule has 1 heterocycles. The largest absolute Gasteiger partial charge is 0.493 e. The van der Waals surface area contributed by atoms with Crippen molar-refractivity contribution in [3.63, 3.8) is 0 Å². The van der Waals surface area contributed by atoms with Gasteiger partial charge >= 0.3 is 0 Å². The minimum Gasteiger partial charge on any atom is -0.493 e. The molecule has 0 aliphatic carbocycles. The maximum atomic E-state index is 13.0. The Labute approximate surface area is 169 Å². The van der Waals surface area contributed by atoms with E-state index in [9.17, 15) is 4.79 Å². The monoisotopic (exact) mass is 383 g/mol. The van der Waals surface area contributed by atoms with Crippen LogP contribution < -0.4 is 10.1 Å². The number of nitrogens with one attached hydrogen (secondary N) is 1. The number of aromatic nitrogens is 2. The van der Waals surface area contributed by atoms with E-state index in [2.05, 4.69) is 5.32 Å². The number of nitrogens with zero attached hydrogens (tertiary/aromatic N) is 2. The van der Waals surface area contributed by atoms with E-state index < -0.39 is 0 Å². The summed E-state index contributed by atoms with van der Waals surface area (Å²) in [5.74, 6) is 0.902. The zero-order chi connectivity index (χ0) is 20.1. The summed E-state index contributed by atoms with van der Waals surface area (Å²) in [7, 11) is 0. The van der Waals surface area contributed by atoms with Crippen LogP contribution in [0.15, 0.2) is 91.0 Å². The Morgan fingerprint density at radius 1 is 0.931 bits per heavy atom. The second kappa shape index (κ2) is 8.44. The van der Waals surface area contributed by atoms with Gasteiger partial charge in [-0.3, -0.25) is 4.79 Å². The summed E-state index contributed by atoms with van der Waals surface area (Å²) in [6.07, 6.45) is 0. The van der Waals surface area contributed by atoms with Gasteiger partial charge in [-0.2, -0.15) is 5.10 Å². The minimum absolute atomic E-state index is 0.245. The predicted molar refractivity (Wildman–Crippen MR) is 115 cm³/mol. The average Bonchev–Trinajstić information content (AvgIpc) is 3.19. The molecule has 0 unspecified atom stereocenters. The summed E-state index contributed by atoms with van der Waals surface area (Å²) >= 11 is 0. The highest BCUT2D eigenvalue weighted by atomic mass is 16.5. The fourth-order valence-electron chi connectivity index (χ4n) is 3.11. The molecule has 0 fully saturated rings. The van der Waals surface area contributed by atoms with Crippen LogP contribution in [0.2, 0.25) is 0 Å². The highest BCUT2D eigenvalue weighted by molar-refractivity contribution is 6.06. The first-order valence-corrected chi connectivity index (χ1v) is 9.50. The molecule has 1 N–H and O–H groups in total. The summed E-state index contributed by atoms with van der Waals surface area (Å²) in [5, 5.41) is 7.72. The third kappa shape index (κ3) is 4.04. The van der Waals surface area contributed by atoms with Crippen molar-refractivity contribution in [1.82, 2.24) is 9.78 Å². The van der Waals surface area contributed by atoms with Crippen molar-refractivity contribution in [2.75, 3.05) is 11.9 Å². The number of carbonyl (C=O) groups excluding carboxylic acids is 1. The maximum Gasteiger partial charge on any atom is 0.260 e. The third-order valence-electron chi connectivity index (χ3n) is 4.45. The Balaban J connectivity index is 1.73. The van der Waals surface area contributed by atoms with E-state index in [4.69, 9.17) is 9.84 Å². The van der Waals surface area contributed by atoms with E-state index in [1.165, 1.54) is 0 Å². The van der Waals surface area contributed by atoms with Crippen LogP contribution in [0.4, 0.5) is 5.82 Å². The molecule has 4 aromatic rings. The second-order valence-corrected chi connectivity index (χ2v) is 6.41. The van der Waals surface area contributed by atoms with Crippen molar-refractivity contribution in [2.45, 2.75) is 6.92 Å². The molecule has 0 radical (unpaired) electrons. The lowest BCUT2D eigenvalue weighted by Gasteiger charge is -2.11. The van der Waals surface area contributed by atoms with E-state index in [0.717, 1.165) is 16.9 Å². The van der Waals surface area contributed by atoms with Crippen LogP contribution in [0.1, 0.15) is 17.3 Å². The zero-order valence-corrected chi connectivity index (χ0v) is 16.1. The number of para-hydroxylation sites is 2. The zero-order valence-electron chi connectivity index (χ0n) is 16.1. The lowest BCUT2D eigenvalue weighted by Crippen LogP contribution is -2.16. The molecule has 0 saturated carbocycles. The number of anilines is 1. The van der Waals surface area contributed by atoms with E-state index in [0.29, 0.717) is 23.7 Å². The van der Waals surface area contributed by atoms with Crippen molar-refractivity contribution in [1.29, 1.82) is 0 Å². The molecule has 0 bridgehead atoms. The standard InChI is InChI=1S/C24H21N3O2/c1-2-29-22-16-10-9-15-20(22)24(28)25-23-17-21(18-11-5-3-6-12-18)26-27(23)19-13-7-4-8-14-19/h3-17H,2H2,1H3,(H,25,28). The number of rotatable bonds is 6. The molecule has 144 valence electrons. The van der Waals surface area contributed by atoms with Crippen LogP contribution in [0.25, 0.3) is 16.9 Å². The number of ether oxygens (including phenoxy) is 1. The van der Waals surface area contributed by atoms with Crippen LogP contribution in [0, 0.1) is 0 Å². The third-order valence-corrected chi connectivity index (χ3v) is 4.45. The molecule has 5 heteroatoms. The molecule has 3 aromatic carbocycles. The molecule has 4 rings (SSSR count). The number of carbonyl (C=O) groups is 1. The van der Waals surface area contributed by atoms with Gasteiger partial charge in [0.2, 0.25) is 0 Å². The quantitative estimate of drug-likeness (QED) is 0.498. The van der Waals surface area contributed by atoms with E-state index in [-0.39, 0.29) is 5.91 Å². The number of benzene rings is 3. The topological polar surface area (TPSA) is 56.1 Å². The Bertz CT molecular complexity index is 1110. The van der Waals surface area contributed by atoms with Crippen LogP contribution in [0.3, 0.4) is 0 Å². The molecule has 5 nitrogen and oxygen atoms in total. The van der Waals surface area contributed by atoms with Gasteiger partial charge in [0.05, 0.1) is 23.6 Å². The Morgan fingerprint density at radius 2 is 1.59 bits per heavy atom. The molecule has 0 spiro atoms. The lowest BCUT2D eigenvalue weighted by atomic mass is 10.1. The molecule has 1 amide bonds.